The maximum atomic E-state index is 5.31. The summed E-state index contributed by atoms with van der Waals surface area (Å²) in [6, 6.07) is 18.7. The summed E-state index contributed by atoms with van der Waals surface area (Å²) < 4.78 is 12.8. The van der Waals surface area contributed by atoms with Crippen LogP contribution < -0.4 is 14.8 Å². The van der Waals surface area contributed by atoms with Crippen molar-refractivity contribution >= 4 is 16.9 Å². The molecule has 0 fully saturated rings. The zero-order valence-electron chi connectivity index (χ0n) is 18.6. The van der Waals surface area contributed by atoms with E-state index in [2.05, 4.69) is 71.0 Å². The molecule has 1 atom stereocenters. The number of ether oxygens (including phenoxy) is 2. The lowest BCUT2D eigenvalue weighted by Crippen LogP contribution is -2.09. The van der Waals surface area contributed by atoms with Gasteiger partial charge in [-0.15, -0.1) is 0 Å². The smallest absolute Gasteiger partial charge is 0.146 e. The lowest BCUT2D eigenvalue weighted by Gasteiger charge is -2.16. The van der Waals surface area contributed by atoms with Crippen molar-refractivity contribution in [3.8, 4) is 22.8 Å². The molecular formula is C25H28N4O2. The summed E-state index contributed by atoms with van der Waals surface area (Å²) in [5, 5.41) is 4.56. The van der Waals surface area contributed by atoms with Crippen LogP contribution in [0.25, 0.3) is 22.3 Å². The van der Waals surface area contributed by atoms with Gasteiger partial charge in [-0.25, -0.2) is 9.97 Å². The summed E-state index contributed by atoms with van der Waals surface area (Å²) >= 11 is 0. The average molecular weight is 417 g/mol. The number of rotatable bonds is 7. The minimum absolute atomic E-state index is 0.0795. The van der Waals surface area contributed by atoms with Crippen molar-refractivity contribution in [2.75, 3.05) is 19.5 Å². The van der Waals surface area contributed by atoms with Crippen LogP contribution in [-0.2, 0) is 0 Å². The van der Waals surface area contributed by atoms with E-state index in [0.717, 1.165) is 45.2 Å². The quantitative estimate of drug-likeness (QED) is 0.408. The van der Waals surface area contributed by atoms with Gasteiger partial charge in [-0.2, -0.15) is 0 Å². The Morgan fingerprint density at radius 3 is 2.03 bits per heavy atom. The Labute approximate surface area is 182 Å². The molecule has 4 rings (SSSR count). The van der Waals surface area contributed by atoms with Crippen molar-refractivity contribution in [1.82, 2.24) is 14.5 Å². The molecule has 1 N–H and O–H groups in total. The molecular weight excluding hydrogens is 388 g/mol. The second-order valence-corrected chi connectivity index (χ2v) is 7.82. The van der Waals surface area contributed by atoms with Crippen molar-refractivity contribution in [3.63, 3.8) is 0 Å². The predicted octanol–water partition coefficient (Wildman–Crippen LogP) is 5.87. The minimum atomic E-state index is 0.0795. The molecule has 6 nitrogen and oxygen atoms in total. The molecule has 0 radical (unpaired) electrons. The molecule has 2 aromatic heterocycles. The third-order valence-electron chi connectivity index (χ3n) is 5.50. The molecule has 0 aliphatic heterocycles. The van der Waals surface area contributed by atoms with E-state index in [1.807, 2.05) is 24.3 Å². The van der Waals surface area contributed by atoms with Crippen molar-refractivity contribution in [2.24, 2.45) is 0 Å². The summed E-state index contributed by atoms with van der Waals surface area (Å²) in [4.78, 5) is 9.18. The van der Waals surface area contributed by atoms with E-state index in [0.29, 0.717) is 0 Å². The average Bonchev–Trinajstić information content (AvgIpc) is 3.20. The van der Waals surface area contributed by atoms with Gasteiger partial charge in [0.1, 0.15) is 29.3 Å². The van der Waals surface area contributed by atoms with Crippen molar-refractivity contribution in [2.45, 2.75) is 32.9 Å². The molecule has 2 heterocycles. The maximum absolute atomic E-state index is 5.31. The molecule has 0 aliphatic rings. The van der Waals surface area contributed by atoms with Crippen LogP contribution in [0.1, 0.15) is 38.4 Å². The van der Waals surface area contributed by atoms with Crippen LogP contribution in [0.4, 0.5) is 5.82 Å². The standard InChI is InChI=1S/C25H28N4O2/c1-16(2)29-23(19-8-12-21(31-5)13-9-19)14-22-24(26-15-27-25(22)29)28-17(3)18-6-10-20(30-4)11-7-18/h6-17H,1-5H3,(H,26,27,28)/t17-/m1/s1. The Bertz CT molecular complexity index is 1160. The van der Waals surface area contributed by atoms with Gasteiger partial charge < -0.3 is 19.4 Å². The molecule has 0 spiro atoms. The lowest BCUT2D eigenvalue weighted by atomic mass is 10.1. The van der Waals surface area contributed by atoms with Crippen molar-refractivity contribution in [3.05, 3.63) is 66.5 Å². The molecule has 0 saturated carbocycles. The molecule has 4 aromatic rings. The molecule has 0 bridgehead atoms. The summed E-state index contributed by atoms with van der Waals surface area (Å²) in [5.74, 6) is 2.51. The number of anilines is 1. The largest absolute Gasteiger partial charge is 0.497 e. The highest BCUT2D eigenvalue weighted by Gasteiger charge is 2.18. The van der Waals surface area contributed by atoms with E-state index < -0.39 is 0 Å². The highest BCUT2D eigenvalue weighted by molar-refractivity contribution is 5.92. The Balaban J connectivity index is 1.74. The number of benzene rings is 2. The first-order valence-corrected chi connectivity index (χ1v) is 10.4. The van der Waals surface area contributed by atoms with Crippen LogP contribution in [0.2, 0.25) is 0 Å². The number of hydrogen-bond acceptors (Lipinski definition) is 5. The Hall–Kier alpha value is -3.54. The molecule has 160 valence electrons. The van der Waals surface area contributed by atoms with E-state index in [4.69, 9.17) is 9.47 Å². The second-order valence-electron chi connectivity index (χ2n) is 7.82. The van der Waals surface area contributed by atoms with Crippen LogP contribution >= 0.6 is 0 Å². The van der Waals surface area contributed by atoms with Gasteiger partial charge in [0, 0.05) is 12.1 Å². The van der Waals surface area contributed by atoms with E-state index in [1.54, 1.807) is 20.5 Å². The molecule has 0 aliphatic carbocycles. The van der Waals surface area contributed by atoms with Gasteiger partial charge >= 0.3 is 0 Å². The highest BCUT2D eigenvalue weighted by Crippen LogP contribution is 2.34. The van der Waals surface area contributed by atoms with Crippen LogP contribution in [0.5, 0.6) is 11.5 Å². The van der Waals surface area contributed by atoms with Gasteiger partial charge in [-0.05, 0) is 74.4 Å². The van der Waals surface area contributed by atoms with Gasteiger partial charge in [0.15, 0.2) is 0 Å². The number of nitrogens with zero attached hydrogens (tertiary/aromatic N) is 3. The number of aromatic nitrogens is 3. The molecule has 0 unspecified atom stereocenters. The summed E-state index contributed by atoms with van der Waals surface area (Å²) in [5.41, 5.74) is 4.29. The Morgan fingerprint density at radius 2 is 1.45 bits per heavy atom. The number of nitrogens with one attached hydrogen (secondary N) is 1. The summed E-state index contributed by atoms with van der Waals surface area (Å²) in [7, 11) is 3.35. The Kier molecular flexibility index (Phi) is 5.80. The van der Waals surface area contributed by atoms with Gasteiger partial charge in [0.25, 0.3) is 0 Å². The maximum Gasteiger partial charge on any atom is 0.146 e. The topological polar surface area (TPSA) is 61.2 Å². The molecule has 31 heavy (non-hydrogen) atoms. The third-order valence-corrected chi connectivity index (χ3v) is 5.50. The number of methoxy groups -OCH3 is 2. The van der Waals surface area contributed by atoms with E-state index in [1.165, 1.54) is 0 Å². The van der Waals surface area contributed by atoms with E-state index in [-0.39, 0.29) is 12.1 Å². The zero-order chi connectivity index (χ0) is 22.0. The third kappa shape index (κ3) is 4.06. The second kappa shape index (κ2) is 8.68. The van der Waals surface area contributed by atoms with Crippen LogP contribution in [-0.4, -0.2) is 28.8 Å². The van der Waals surface area contributed by atoms with Gasteiger partial charge in [-0.1, -0.05) is 12.1 Å². The molecule has 2 aromatic carbocycles. The van der Waals surface area contributed by atoms with Gasteiger partial charge in [0.05, 0.1) is 25.3 Å². The summed E-state index contributed by atoms with van der Waals surface area (Å²) in [6.45, 7) is 6.46. The molecule has 0 saturated heterocycles. The van der Waals surface area contributed by atoms with Crippen LogP contribution in [0, 0.1) is 0 Å². The zero-order valence-corrected chi connectivity index (χ0v) is 18.6. The molecule has 6 heteroatoms. The minimum Gasteiger partial charge on any atom is -0.497 e. The first-order valence-electron chi connectivity index (χ1n) is 10.4. The number of fused-ring (bicyclic) bond motifs is 1. The lowest BCUT2D eigenvalue weighted by molar-refractivity contribution is 0.414. The fourth-order valence-corrected chi connectivity index (χ4v) is 3.83. The summed E-state index contributed by atoms with van der Waals surface area (Å²) in [6.07, 6.45) is 1.63. The van der Waals surface area contributed by atoms with E-state index in [9.17, 15) is 0 Å². The first-order chi connectivity index (χ1) is 15.0. The normalized spacial score (nSPS) is 12.2. The fraction of sp³-hybridized carbons (Fsp3) is 0.280. The molecule has 0 amide bonds. The van der Waals surface area contributed by atoms with Crippen LogP contribution in [0.3, 0.4) is 0 Å². The van der Waals surface area contributed by atoms with Gasteiger partial charge in [0.2, 0.25) is 0 Å². The first kappa shape index (κ1) is 20.7. The predicted molar refractivity (Wildman–Crippen MR) is 125 cm³/mol. The fourth-order valence-electron chi connectivity index (χ4n) is 3.83. The highest BCUT2D eigenvalue weighted by atomic mass is 16.5. The SMILES string of the molecule is COc1ccc(-c2cc3c(N[C@H](C)c4ccc(OC)cc4)ncnc3n2C(C)C)cc1. The van der Waals surface area contributed by atoms with Crippen LogP contribution in [0.15, 0.2) is 60.9 Å². The Morgan fingerprint density at radius 1 is 0.839 bits per heavy atom. The van der Waals surface area contributed by atoms with Crippen molar-refractivity contribution < 1.29 is 9.47 Å². The number of hydrogen-bond donors (Lipinski definition) is 1. The van der Waals surface area contributed by atoms with E-state index >= 15 is 0 Å². The monoisotopic (exact) mass is 416 g/mol. The van der Waals surface area contributed by atoms with Crippen molar-refractivity contribution in [1.29, 1.82) is 0 Å². The van der Waals surface area contributed by atoms with Gasteiger partial charge in [-0.3, -0.25) is 0 Å².